The van der Waals surface area contributed by atoms with Gasteiger partial charge >= 0.3 is 0 Å². The van der Waals surface area contributed by atoms with Gasteiger partial charge in [0.15, 0.2) is 0 Å². The van der Waals surface area contributed by atoms with Crippen LogP contribution >= 0.6 is 11.3 Å². The lowest BCUT2D eigenvalue weighted by molar-refractivity contribution is 1.22. The van der Waals surface area contributed by atoms with Gasteiger partial charge in [0.25, 0.3) is 0 Å². The Balaban J connectivity index is 2.44. The lowest BCUT2D eigenvalue weighted by Crippen LogP contribution is -1.93. The topological polar surface area (TPSA) is 36.7 Å². The number of aromatic nitrogens is 1. The normalized spacial score (nSPS) is 10.5. The van der Waals surface area contributed by atoms with Crippen molar-refractivity contribution < 1.29 is 0 Å². The third-order valence-electron chi connectivity index (χ3n) is 1.75. The molecule has 0 aliphatic carbocycles. The van der Waals surface area contributed by atoms with Crippen molar-refractivity contribution in [1.82, 2.24) is 4.98 Å². The van der Waals surface area contributed by atoms with Crippen molar-refractivity contribution in [3.8, 4) is 0 Å². The van der Waals surface area contributed by atoms with Gasteiger partial charge in [-0.3, -0.25) is 0 Å². The summed E-state index contributed by atoms with van der Waals surface area (Å²) in [5.41, 5.74) is 1.71. The third-order valence-corrected chi connectivity index (χ3v) is 2.79. The van der Waals surface area contributed by atoms with E-state index in [2.05, 4.69) is 11.1 Å². The van der Waals surface area contributed by atoms with E-state index in [1.165, 1.54) is 4.70 Å². The first-order valence-corrected chi connectivity index (χ1v) is 4.96. The number of rotatable bonds is 2. The molecular formula is C10H10N2S. The fourth-order valence-corrected chi connectivity index (χ4v) is 2.27. The number of thiazole rings is 1. The van der Waals surface area contributed by atoms with E-state index in [0.717, 1.165) is 10.5 Å². The average Bonchev–Trinajstić information content (AvgIpc) is 2.44. The van der Waals surface area contributed by atoms with Gasteiger partial charge in [0, 0.05) is 12.1 Å². The Kier molecular flexibility index (Phi) is 2.10. The maximum Gasteiger partial charge on any atom is 0.0994 e. The third kappa shape index (κ3) is 1.75. The van der Waals surface area contributed by atoms with Crippen LogP contribution in [0.3, 0.4) is 0 Å². The molecule has 0 unspecified atom stereocenters. The molecule has 66 valence electrons. The number of nitrogens with zero attached hydrogens (tertiary/aromatic N) is 1. The molecule has 0 spiro atoms. The second-order valence-electron chi connectivity index (χ2n) is 3.03. The van der Waals surface area contributed by atoms with Crippen molar-refractivity contribution in [2.45, 2.75) is 13.3 Å². The van der Waals surface area contributed by atoms with Crippen LogP contribution in [0.4, 0.5) is 0 Å². The predicted molar refractivity (Wildman–Crippen MR) is 56.7 cm³/mol. The van der Waals surface area contributed by atoms with Crippen molar-refractivity contribution >= 4 is 27.3 Å². The van der Waals surface area contributed by atoms with Crippen LogP contribution in [0.25, 0.3) is 10.2 Å². The van der Waals surface area contributed by atoms with Crippen LogP contribution in [0.15, 0.2) is 24.3 Å². The summed E-state index contributed by atoms with van der Waals surface area (Å²) in [4.78, 5) is 4.43. The highest BCUT2D eigenvalue weighted by Gasteiger charge is 2.02. The smallest absolute Gasteiger partial charge is 0.0994 e. The summed E-state index contributed by atoms with van der Waals surface area (Å²) in [6.07, 6.45) is 0.680. The number of hydrogen-bond donors (Lipinski definition) is 1. The molecule has 2 rings (SSSR count). The highest BCUT2D eigenvalue weighted by Crippen LogP contribution is 2.21. The van der Waals surface area contributed by atoms with Crippen molar-refractivity contribution in [1.29, 1.82) is 5.41 Å². The molecule has 0 fully saturated rings. The number of benzene rings is 1. The Morgan fingerprint density at radius 1 is 1.46 bits per heavy atom. The van der Waals surface area contributed by atoms with E-state index in [-0.39, 0.29) is 0 Å². The summed E-state index contributed by atoms with van der Waals surface area (Å²) >= 11 is 1.67. The molecule has 3 heteroatoms. The molecule has 2 nitrogen and oxygen atoms in total. The molecule has 0 amide bonds. The van der Waals surface area contributed by atoms with E-state index in [4.69, 9.17) is 5.41 Å². The lowest BCUT2D eigenvalue weighted by Gasteiger charge is -1.88. The highest BCUT2D eigenvalue weighted by atomic mass is 32.1. The molecule has 2 aromatic rings. The van der Waals surface area contributed by atoms with Gasteiger partial charge in [-0.05, 0) is 19.1 Å². The quantitative estimate of drug-likeness (QED) is 0.726. The monoisotopic (exact) mass is 190 g/mol. The van der Waals surface area contributed by atoms with Crippen LogP contribution in [0, 0.1) is 5.41 Å². The summed E-state index contributed by atoms with van der Waals surface area (Å²) in [6.45, 7) is 1.81. The maximum atomic E-state index is 7.37. The van der Waals surface area contributed by atoms with E-state index >= 15 is 0 Å². The Bertz CT molecular complexity index is 412. The minimum absolute atomic E-state index is 0.666. The number of nitrogens with one attached hydrogen (secondary N) is 1. The van der Waals surface area contributed by atoms with Gasteiger partial charge in [0.05, 0.1) is 15.2 Å². The zero-order chi connectivity index (χ0) is 9.26. The van der Waals surface area contributed by atoms with Gasteiger partial charge in [0.2, 0.25) is 0 Å². The molecule has 0 saturated heterocycles. The lowest BCUT2D eigenvalue weighted by atomic mass is 10.3. The first-order valence-electron chi connectivity index (χ1n) is 4.14. The minimum Gasteiger partial charge on any atom is -0.310 e. The van der Waals surface area contributed by atoms with Crippen LogP contribution in [0.1, 0.15) is 11.9 Å². The highest BCUT2D eigenvalue weighted by molar-refractivity contribution is 7.18. The fraction of sp³-hybridized carbons (Fsp3) is 0.200. The molecule has 0 aliphatic rings. The second kappa shape index (κ2) is 3.26. The molecule has 1 aromatic carbocycles. The standard InChI is InChI=1S/C10H10N2S/c1-7(11)6-10-12-8-4-2-3-5-9(8)13-10/h2-5,11H,6H2,1H3. The molecule has 0 saturated carbocycles. The number of para-hydroxylation sites is 1. The molecule has 0 atom stereocenters. The Labute approximate surface area is 80.8 Å². The van der Waals surface area contributed by atoms with Crippen molar-refractivity contribution in [3.63, 3.8) is 0 Å². The van der Waals surface area contributed by atoms with E-state index in [1.54, 1.807) is 11.3 Å². The SMILES string of the molecule is CC(=N)Cc1nc2ccccc2s1. The molecular weight excluding hydrogens is 180 g/mol. The Morgan fingerprint density at radius 2 is 2.23 bits per heavy atom. The Morgan fingerprint density at radius 3 is 2.92 bits per heavy atom. The molecule has 13 heavy (non-hydrogen) atoms. The van der Waals surface area contributed by atoms with Crippen LogP contribution in [0.5, 0.6) is 0 Å². The van der Waals surface area contributed by atoms with Crippen LogP contribution in [0.2, 0.25) is 0 Å². The molecule has 1 N–H and O–H groups in total. The number of hydrogen-bond acceptors (Lipinski definition) is 3. The number of fused-ring (bicyclic) bond motifs is 1. The zero-order valence-corrected chi connectivity index (χ0v) is 8.19. The van der Waals surface area contributed by atoms with E-state index in [9.17, 15) is 0 Å². The summed E-state index contributed by atoms with van der Waals surface area (Å²) < 4.78 is 1.21. The van der Waals surface area contributed by atoms with Gasteiger partial charge in [-0.25, -0.2) is 4.98 Å². The first kappa shape index (κ1) is 8.38. The summed E-state index contributed by atoms with van der Waals surface area (Å²) in [5.74, 6) is 0. The van der Waals surface area contributed by atoms with E-state index in [1.807, 2.05) is 25.1 Å². The van der Waals surface area contributed by atoms with Gasteiger partial charge in [-0.2, -0.15) is 0 Å². The minimum atomic E-state index is 0.666. The van der Waals surface area contributed by atoms with Gasteiger partial charge in [-0.15, -0.1) is 11.3 Å². The summed E-state index contributed by atoms with van der Waals surface area (Å²) in [6, 6.07) is 8.08. The molecule has 0 bridgehead atoms. The van der Waals surface area contributed by atoms with E-state index < -0.39 is 0 Å². The summed E-state index contributed by atoms with van der Waals surface area (Å²) in [5, 5.41) is 8.41. The predicted octanol–water partition coefficient (Wildman–Crippen LogP) is 2.88. The average molecular weight is 190 g/mol. The van der Waals surface area contributed by atoms with Gasteiger partial charge in [0.1, 0.15) is 0 Å². The van der Waals surface area contributed by atoms with Crippen LogP contribution in [-0.2, 0) is 6.42 Å². The first-order chi connectivity index (χ1) is 6.25. The second-order valence-corrected chi connectivity index (χ2v) is 4.15. The van der Waals surface area contributed by atoms with Gasteiger partial charge < -0.3 is 5.41 Å². The van der Waals surface area contributed by atoms with Crippen LogP contribution < -0.4 is 0 Å². The van der Waals surface area contributed by atoms with Crippen molar-refractivity contribution in [3.05, 3.63) is 29.3 Å². The molecule has 1 heterocycles. The van der Waals surface area contributed by atoms with Crippen LogP contribution in [-0.4, -0.2) is 10.7 Å². The van der Waals surface area contributed by atoms with Crippen molar-refractivity contribution in [2.75, 3.05) is 0 Å². The van der Waals surface area contributed by atoms with Crippen molar-refractivity contribution in [2.24, 2.45) is 0 Å². The molecule has 1 aromatic heterocycles. The fourth-order valence-electron chi connectivity index (χ4n) is 1.22. The van der Waals surface area contributed by atoms with Gasteiger partial charge in [-0.1, -0.05) is 12.1 Å². The molecule has 0 aliphatic heterocycles. The Hall–Kier alpha value is -1.22. The largest absolute Gasteiger partial charge is 0.310 e. The van der Waals surface area contributed by atoms with E-state index in [0.29, 0.717) is 12.1 Å². The molecule has 0 radical (unpaired) electrons. The summed E-state index contributed by atoms with van der Waals surface area (Å²) in [7, 11) is 0. The maximum absolute atomic E-state index is 7.37. The zero-order valence-electron chi connectivity index (χ0n) is 7.37.